The van der Waals surface area contributed by atoms with Crippen LogP contribution in [0.2, 0.25) is 0 Å². The van der Waals surface area contributed by atoms with Gasteiger partial charge in [0.15, 0.2) is 11.5 Å². The van der Waals surface area contributed by atoms with E-state index in [1.165, 1.54) is 18.2 Å². The molecule has 5 nitrogen and oxygen atoms in total. The Kier molecular flexibility index (Phi) is 3.17. The van der Waals surface area contributed by atoms with Crippen LogP contribution in [0, 0.1) is 6.92 Å². The van der Waals surface area contributed by atoms with Crippen molar-refractivity contribution in [1.82, 2.24) is 4.98 Å². The molecule has 0 fully saturated rings. The molecule has 122 valence electrons. The number of anilines is 1. The first-order chi connectivity index (χ1) is 11.4. The minimum atomic E-state index is -3.70. The van der Waals surface area contributed by atoms with Crippen molar-refractivity contribution in [3.63, 3.8) is 0 Å². The molecule has 1 aliphatic rings. The van der Waals surface area contributed by atoms with Crippen LogP contribution in [0.5, 0.6) is 11.5 Å². The van der Waals surface area contributed by atoms with Crippen molar-refractivity contribution < 1.29 is 23.0 Å². The van der Waals surface area contributed by atoms with E-state index in [1.807, 2.05) is 13.0 Å². The van der Waals surface area contributed by atoms with E-state index >= 15 is 0 Å². The second kappa shape index (κ2) is 5.13. The van der Waals surface area contributed by atoms with E-state index in [0.717, 1.165) is 15.2 Å². The van der Waals surface area contributed by atoms with E-state index in [1.54, 1.807) is 23.5 Å². The molecule has 0 spiro atoms. The highest BCUT2D eigenvalue weighted by molar-refractivity contribution is 7.18. The smallest absolute Gasteiger partial charge is 0.395 e. The maximum Gasteiger partial charge on any atom is 0.586 e. The van der Waals surface area contributed by atoms with Gasteiger partial charge in [-0.3, -0.25) is 4.79 Å². The Balaban J connectivity index is 1.57. The lowest BCUT2D eigenvalue weighted by atomic mass is 10.2. The molecule has 1 N–H and O–H groups in total. The maximum atomic E-state index is 13.0. The van der Waals surface area contributed by atoms with Crippen molar-refractivity contribution >= 4 is 33.1 Å². The number of aromatic nitrogens is 1. The first kappa shape index (κ1) is 14.8. The fourth-order valence-electron chi connectivity index (χ4n) is 2.41. The summed E-state index contributed by atoms with van der Waals surface area (Å²) in [5.41, 5.74) is 1.55. The van der Waals surface area contributed by atoms with Crippen molar-refractivity contribution in [2.24, 2.45) is 0 Å². The number of carbonyl (C=O) groups is 1. The van der Waals surface area contributed by atoms with Crippen molar-refractivity contribution in [2.45, 2.75) is 13.2 Å². The summed E-state index contributed by atoms with van der Waals surface area (Å²) in [4.78, 5) is 16.7. The third-order valence-electron chi connectivity index (χ3n) is 3.42. The van der Waals surface area contributed by atoms with Crippen LogP contribution in [-0.2, 0) is 0 Å². The Morgan fingerprint density at radius 2 is 1.96 bits per heavy atom. The SMILES string of the molecule is Cc1nc2cc(NC(=O)c3ccc4c(c3)OC(F)(F)O4)ccc2s1. The molecule has 2 aromatic carbocycles. The number of thiazole rings is 1. The fourth-order valence-corrected chi connectivity index (χ4v) is 3.22. The van der Waals surface area contributed by atoms with Crippen molar-refractivity contribution in [1.29, 1.82) is 0 Å². The number of benzene rings is 2. The van der Waals surface area contributed by atoms with E-state index < -0.39 is 12.2 Å². The lowest BCUT2D eigenvalue weighted by Gasteiger charge is -2.06. The number of nitrogens with zero attached hydrogens (tertiary/aromatic N) is 1. The van der Waals surface area contributed by atoms with Crippen molar-refractivity contribution in [2.75, 3.05) is 5.32 Å². The zero-order valence-electron chi connectivity index (χ0n) is 12.3. The predicted octanol–water partition coefficient (Wildman–Crippen LogP) is 4.18. The zero-order valence-corrected chi connectivity index (χ0v) is 13.1. The largest absolute Gasteiger partial charge is 0.586 e. The van der Waals surface area contributed by atoms with Gasteiger partial charge in [0.2, 0.25) is 0 Å². The molecule has 0 radical (unpaired) electrons. The summed E-state index contributed by atoms with van der Waals surface area (Å²) in [6, 6.07) is 9.28. The number of nitrogens with one attached hydrogen (secondary N) is 1. The van der Waals surface area contributed by atoms with Crippen LogP contribution < -0.4 is 14.8 Å². The number of aryl methyl sites for hydroxylation is 1. The molecular weight excluding hydrogens is 338 g/mol. The van der Waals surface area contributed by atoms with Crippen molar-refractivity contribution in [3.05, 3.63) is 47.0 Å². The normalized spacial score (nSPS) is 14.8. The van der Waals surface area contributed by atoms with Gasteiger partial charge in [0, 0.05) is 11.3 Å². The number of fused-ring (bicyclic) bond motifs is 2. The van der Waals surface area contributed by atoms with Gasteiger partial charge in [0.1, 0.15) is 0 Å². The van der Waals surface area contributed by atoms with Crippen LogP contribution in [-0.4, -0.2) is 17.2 Å². The van der Waals surface area contributed by atoms with Crippen LogP contribution >= 0.6 is 11.3 Å². The number of alkyl halides is 2. The Morgan fingerprint density at radius 3 is 2.79 bits per heavy atom. The lowest BCUT2D eigenvalue weighted by molar-refractivity contribution is -0.286. The fraction of sp³-hybridized carbons (Fsp3) is 0.125. The number of hydrogen-bond donors (Lipinski definition) is 1. The molecule has 2 heterocycles. The van der Waals surface area contributed by atoms with Gasteiger partial charge in [-0.15, -0.1) is 20.1 Å². The van der Waals surface area contributed by atoms with E-state index in [4.69, 9.17) is 0 Å². The molecule has 1 amide bonds. The molecule has 3 aromatic rings. The minimum absolute atomic E-state index is 0.101. The lowest BCUT2D eigenvalue weighted by Crippen LogP contribution is -2.25. The van der Waals surface area contributed by atoms with Gasteiger partial charge < -0.3 is 14.8 Å². The van der Waals surface area contributed by atoms with Gasteiger partial charge in [0.25, 0.3) is 5.91 Å². The summed E-state index contributed by atoms with van der Waals surface area (Å²) in [6.07, 6.45) is -3.70. The summed E-state index contributed by atoms with van der Waals surface area (Å²) >= 11 is 1.56. The molecule has 1 aliphatic heterocycles. The van der Waals surface area contributed by atoms with Gasteiger partial charge >= 0.3 is 6.29 Å². The quantitative estimate of drug-likeness (QED) is 0.755. The monoisotopic (exact) mass is 348 g/mol. The second-order valence-corrected chi connectivity index (χ2v) is 6.43. The van der Waals surface area contributed by atoms with E-state index in [-0.39, 0.29) is 17.1 Å². The Bertz CT molecular complexity index is 971. The number of hydrogen-bond acceptors (Lipinski definition) is 5. The molecular formula is C16H10F2N2O3S. The molecule has 0 saturated carbocycles. The van der Waals surface area contributed by atoms with E-state index in [9.17, 15) is 13.6 Å². The number of halogens is 2. The van der Waals surface area contributed by atoms with Crippen LogP contribution in [0.25, 0.3) is 10.2 Å². The summed E-state index contributed by atoms with van der Waals surface area (Å²) in [7, 11) is 0. The molecule has 0 saturated heterocycles. The Morgan fingerprint density at radius 1 is 1.17 bits per heavy atom. The minimum Gasteiger partial charge on any atom is -0.395 e. The molecule has 0 bridgehead atoms. The standard InChI is InChI=1S/C16H10F2N2O3S/c1-8-19-11-7-10(3-5-14(11)24-8)20-15(21)9-2-4-12-13(6-9)23-16(17,18)22-12/h2-7H,1H3,(H,20,21). The first-order valence-corrected chi connectivity index (χ1v) is 7.80. The van der Waals surface area contributed by atoms with Crippen molar-refractivity contribution in [3.8, 4) is 11.5 Å². The van der Waals surface area contributed by atoms with Gasteiger partial charge in [-0.25, -0.2) is 4.98 Å². The highest BCUT2D eigenvalue weighted by Gasteiger charge is 2.43. The molecule has 8 heteroatoms. The topological polar surface area (TPSA) is 60.5 Å². The maximum absolute atomic E-state index is 13.0. The number of rotatable bonds is 2. The summed E-state index contributed by atoms with van der Waals surface area (Å²) in [5.74, 6) is -0.711. The third kappa shape index (κ3) is 2.65. The molecule has 1 aromatic heterocycles. The van der Waals surface area contributed by atoms with Crippen LogP contribution in [0.15, 0.2) is 36.4 Å². The molecule has 0 unspecified atom stereocenters. The summed E-state index contributed by atoms with van der Waals surface area (Å²) in [6.45, 7) is 1.91. The average Bonchev–Trinajstić information content (AvgIpc) is 3.02. The predicted molar refractivity (Wildman–Crippen MR) is 85.0 cm³/mol. The van der Waals surface area contributed by atoms with E-state index in [0.29, 0.717) is 5.69 Å². The Hall–Kier alpha value is -2.74. The van der Waals surface area contributed by atoms with Crippen LogP contribution in [0.4, 0.5) is 14.5 Å². The molecule has 0 aliphatic carbocycles. The summed E-state index contributed by atoms with van der Waals surface area (Å²) < 4.78 is 35.7. The Labute approximate surface area is 138 Å². The highest BCUT2D eigenvalue weighted by atomic mass is 32.1. The zero-order chi connectivity index (χ0) is 16.9. The second-order valence-electron chi connectivity index (χ2n) is 5.20. The molecule has 0 atom stereocenters. The third-order valence-corrected chi connectivity index (χ3v) is 4.37. The summed E-state index contributed by atoms with van der Waals surface area (Å²) in [5, 5.41) is 3.65. The van der Waals surface area contributed by atoms with E-state index in [2.05, 4.69) is 19.8 Å². The van der Waals surface area contributed by atoms with Gasteiger partial charge in [-0.2, -0.15) is 0 Å². The number of amides is 1. The van der Waals surface area contributed by atoms with Gasteiger partial charge in [-0.1, -0.05) is 0 Å². The number of ether oxygens (including phenoxy) is 2. The van der Waals surface area contributed by atoms with Crippen LogP contribution in [0.1, 0.15) is 15.4 Å². The highest BCUT2D eigenvalue weighted by Crippen LogP contribution is 2.41. The van der Waals surface area contributed by atoms with Gasteiger partial charge in [0.05, 0.1) is 15.2 Å². The molecule has 24 heavy (non-hydrogen) atoms. The van der Waals surface area contributed by atoms with Crippen LogP contribution in [0.3, 0.4) is 0 Å². The number of carbonyl (C=O) groups excluding carboxylic acids is 1. The van der Waals surface area contributed by atoms with Gasteiger partial charge in [-0.05, 0) is 43.3 Å². The molecule has 4 rings (SSSR count). The first-order valence-electron chi connectivity index (χ1n) is 6.98. The average molecular weight is 348 g/mol.